The van der Waals surface area contributed by atoms with Gasteiger partial charge < -0.3 is 0 Å². The molecule has 0 unspecified atom stereocenters. The highest BCUT2D eigenvalue weighted by atomic mass is 16.2. The second kappa shape index (κ2) is 6.27. The summed E-state index contributed by atoms with van der Waals surface area (Å²) >= 11 is 0. The normalized spacial score (nSPS) is 24.0. The third-order valence-corrected chi connectivity index (χ3v) is 4.83. The van der Waals surface area contributed by atoms with Crippen molar-refractivity contribution < 1.29 is 4.79 Å². The maximum Gasteiger partial charge on any atom is 0.260 e. The summed E-state index contributed by atoms with van der Waals surface area (Å²) in [4.78, 5) is 25.8. The van der Waals surface area contributed by atoms with E-state index in [0.29, 0.717) is 12.5 Å². The quantitative estimate of drug-likeness (QED) is 0.911. The van der Waals surface area contributed by atoms with Gasteiger partial charge in [0.25, 0.3) is 5.91 Å². The van der Waals surface area contributed by atoms with E-state index in [1.165, 1.54) is 31.9 Å². The molecule has 3 rings (SSSR count). The fourth-order valence-electron chi connectivity index (χ4n) is 4.03. The van der Waals surface area contributed by atoms with Crippen molar-refractivity contribution in [2.24, 2.45) is 0 Å². The molecule has 2 heterocycles. The Kier molecular flexibility index (Phi) is 4.46. The Morgan fingerprint density at radius 1 is 1.12 bits per heavy atom. The molecule has 7 nitrogen and oxygen atoms in total. The number of nitrogens with zero attached hydrogens (tertiary/aromatic N) is 5. The van der Waals surface area contributed by atoms with Gasteiger partial charge in [-0.3, -0.25) is 10.1 Å². The van der Waals surface area contributed by atoms with Crippen molar-refractivity contribution in [3.05, 3.63) is 12.7 Å². The lowest BCUT2D eigenvalue weighted by atomic mass is 9.90. The summed E-state index contributed by atoms with van der Waals surface area (Å²) in [6, 6.07) is 0.259. The molecule has 2 aliphatic rings. The molecule has 0 atom stereocenters. The summed E-state index contributed by atoms with van der Waals surface area (Å²) < 4.78 is 0. The lowest BCUT2D eigenvalue weighted by molar-refractivity contribution is -0.145. The summed E-state index contributed by atoms with van der Waals surface area (Å²) in [7, 11) is 0. The van der Waals surface area contributed by atoms with Gasteiger partial charge in [0.2, 0.25) is 5.95 Å². The fourth-order valence-corrected chi connectivity index (χ4v) is 4.03. The van der Waals surface area contributed by atoms with Crippen LogP contribution in [0.2, 0.25) is 0 Å². The summed E-state index contributed by atoms with van der Waals surface area (Å²) in [6.07, 6.45) is 8.74. The van der Waals surface area contributed by atoms with E-state index in [-0.39, 0.29) is 17.5 Å². The number of piperazine rings is 1. The van der Waals surface area contributed by atoms with Crippen LogP contribution in [0.5, 0.6) is 0 Å². The molecule has 1 aromatic heterocycles. The van der Waals surface area contributed by atoms with Gasteiger partial charge in [-0.25, -0.2) is 15.0 Å². The number of hydrogen-bond acceptors (Lipinski definition) is 6. The number of hydrazine groups is 1. The molecule has 1 amide bonds. The van der Waals surface area contributed by atoms with Crippen molar-refractivity contribution in [2.75, 3.05) is 11.6 Å². The highest BCUT2D eigenvalue weighted by Crippen LogP contribution is 2.31. The van der Waals surface area contributed by atoms with Gasteiger partial charge in [-0.2, -0.15) is 9.97 Å². The predicted octanol–water partition coefficient (Wildman–Crippen LogP) is 1.91. The fraction of sp³-hybridized carbons (Fsp3) is 0.765. The van der Waals surface area contributed by atoms with Crippen molar-refractivity contribution in [1.29, 1.82) is 0 Å². The van der Waals surface area contributed by atoms with Gasteiger partial charge in [-0.15, -0.1) is 0 Å². The summed E-state index contributed by atoms with van der Waals surface area (Å²) in [5.74, 6) is 0.631. The number of carbonyl (C=O) groups excluding carboxylic acids is 1. The molecule has 1 saturated heterocycles. The average Bonchev–Trinajstić information content (AvgIpc) is 2.53. The number of anilines is 1. The zero-order chi connectivity index (χ0) is 17.4. The molecule has 0 radical (unpaired) electrons. The molecule has 1 aliphatic carbocycles. The smallest absolute Gasteiger partial charge is 0.260 e. The van der Waals surface area contributed by atoms with Crippen LogP contribution < -0.4 is 10.3 Å². The first-order chi connectivity index (χ1) is 11.3. The van der Waals surface area contributed by atoms with Crippen LogP contribution >= 0.6 is 0 Å². The van der Waals surface area contributed by atoms with Gasteiger partial charge in [-0.05, 0) is 40.5 Å². The van der Waals surface area contributed by atoms with Crippen LogP contribution in [0, 0.1) is 0 Å². The van der Waals surface area contributed by atoms with Crippen molar-refractivity contribution in [3.63, 3.8) is 0 Å². The Labute approximate surface area is 143 Å². The number of carbonyl (C=O) groups is 1. The average molecular weight is 332 g/mol. The Morgan fingerprint density at radius 2 is 1.75 bits per heavy atom. The molecule has 24 heavy (non-hydrogen) atoms. The zero-order valence-corrected chi connectivity index (χ0v) is 15.1. The Morgan fingerprint density at radius 3 is 2.38 bits per heavy atom. The van der Waals surface area contributed by atoms with E-state index in [0.717, 1.165) is 12.8 Å². The van der Waals surface area contributed by atoms with Crippen LogP contribution in [-0.2, 0) is 4.79 Å². The highest BCUT2D eigenvalue weighted by molar-refractivity contribution is 5.87. The SMILES string of the molecule is CC1(C)CN(N(c2ncncn2)C2CCCCC2)C(=O)C(C)(C)N1. The van der Waals surface area contributed by atoms with Crippen molar-refractivity contribution >= 4 is 11.9 Å². The lowest BCUT2D eigenvalue weighted by Gasteiger charge is -2.52. The topological polar surface area (TPSA) is 74.2 Å². The minimum atomic E-state index is -0.623. The van der Waals surface area contributed by atoms with Gasteiger partial charge in [-0.1, -0.05) is 19.3 Å². The van der Waals surface area contributed by atoms with Crippen LogP contribution in [0.3, 0.4) is 0 Å². The van der Waals surface area contributed by atoms with Crippen molar-refractivity contribution in [2.45, 2.75) is 76.9 Å². The highest BCUT2D eigenvalue weighted by Gasteiger charge is 2.47. The first-order valence-electron chi connectivity index (χ1n) is 8.83. The zero-order valence-electron chi connectivity index (χ0n) is 15.1. The third-order valence-electron chi connectivity index (χ3n) is 4.83. The lowest BCUT2D eigenvalue weighted by Crippen LogP contribution is -2.73. The Bertz CT molecular complexity index is 582. The summed E-state index contributed by atoms with van der Waals surface area (Å²) in [5, 5.41) is 7.35. The minimum Gasteiger partial charge on any atom is -0.297 e. The standard InChI is InChI=1S/C17H28N6O/c1-16(2)10-22(14(24)17(3,4)21-16)23(13-8-6-5-7-9-13)15-19-11-18-12-20-15/h11-13,21H,5-10H2,1-4H3. The van der Waals surface area contributed by atoms with Gasteiger partial charge in [0.1, 0.15) is 12.7 Å². The molecule has 1 aromatic rings. The molecule has 7 heteroatoms. The van der Waals surface area contributed by atoms with E-state index in [1.54, 1.807) is 0 Å². The third kappa shape index (κ3) is 3.36. The van der Waals surface area contributed by atoms with Crippen LogP contribution in [0.4, 0.5) is 5.95 Å². The largest absolute Gasteiger partial charge is 0.297 e. The van der Waals surface area contributed by atoms with Gasteiger partial charge in [0.15, 0.2) is 0 Å². The molecular weight excluding hydrogens is 304 g/mol. The molecule has 132 valence electrons. The molecule has 1 saturated carbocycles. The molecule has 0 spiro atoms. The number of aromatic nitrogens is 3. The first kappa shape index (κ1) is 17.1. The maximum absolute atomic E-state index is 13.1. The van der Waals surface area contributed by atoms with E-state index >= 15 is 0 Å². The summed E-state index contributed by atoms with van der Waals surface area (Å²) in [6.45, 7) is 8.73. The van der Waals surface area contributed by atoms with E-state index in [1.807, 2.05) is 23.9 Å². The van der Waals surface area contributed by atoms with Gasteiger partial charge >= 0.3 is 0 Å². The van der Waals surface area contributed by atoms with Crippen molar-refractivity contribution in [1.82, 2.24) is 25.3 Å². The minimum absolute atomic E-state index is 0.0628. The number of nitrogens with one attached hydrogen (secondary N) is 1. The summed E-state index contributed by atoms with van der Waals surface area (Å²) in [5.41, 5.74) is -0.806. The monoisotopic (exact) mass is 332 g/mol. The second-order valence-corrected chi connectivity index (χ2v) is 8.07. The number of rotatable bonds is 3. The number of hydrogen-bond donors (Lipinski definition) is 1. The molecule has 0 aromatic carbocycles. The first-order valence-corrected chi connectivity index (χ1v) is 8.83. The van der Waals surface area contributed by atoms with E-state index in [4.69, 9.17) is 0 Å². The molecule has 0 bridgehead atoms. The Balaban J connectivity index is 1.99. The molecule has 1 N–H and O–H groups in total. The number of amides is 1. The van der Waals surface area contributed by atoms with Crippen molar-refractivity contribution in [3.8, 4) is 0 Å². The van der Waals surface area contributed by atoms with E-state index in [2.05, 4.69) is 34.1 Å². The predicted molar refractivity (Wildman–Crippen MR) is 92.2 cm³/mol. The molecule has 2 fully saturated rings. The van der Waals surface area contributed by atoms with E-state index in [9.17, 15) is 4.79 Å². The maximum atomic E-state index is 13.1. The second-order valence-electron chi connectivity index (χ2n) is 8.07. The van der Waals surface area contributed by atoms with Crippen LogP contribution in [-0.4, -0.2) is 49.5 Å². The van der Waals surface area contributed by atoms with Crippen LogP contribution in [0.25, 0.3) is 0 Å². The molecule has 1 aliphatic heterocycles. The van der Waals surface area contributed by atoms with Crippen LogP contribution in [0.1, 0.15) is 59.8 Å². The van der Waals surface area contributed by atoms with Gasteiger partial charge in [0.05, 0.1) is 18.1 Å². The van der Waals surface area contributed by atoms with E-state index < -0.39 is 5.54 Å². The van der Waals surface area contributed by atoms with Gasteiger partial charge in [0, 0.05) is 5.54 Å². The molecular formula is C17H28N6O. The van der Waals surface area contributed by atoms with Crippen LogP contribution in [0.15, 0.2) is 12.7 Å². The Hall–Kier alpha value is -1.76.